The number of ether oxygens (including phenoxy) is 1. The van der Waals surface area contributed by atoms with E-state index < -0.39 is 0 Å². The van der Waals surface area contributed by atoms with Crippen LogP contribution in [0.1, 0.15) is 60.2 Å². The molecule has 140 valence electrons. The van der Waals surface area contributed by atoms with Gasteiger partial charge in [0.25, 0.3) is 0 Å². The first-order valence-electron chi connectivity index (χ1n) is 8.77. The van der Waals surface area contributed by atoms with Gasteiger partial charge >= 0.3 is 0 Å². The van der Waals surface area contributed by atoms with Crippen LogP contribution in [0, 0.1) is 12.8 Å². The van der Waals surface area contributed by atoms with E-state index >= 15 is 0 Å². The van der Waals surface area contributed by atoms with Crippen LogP contribution in [0.15, 0.2) is 29.6 Å². The predicted molar refractivity (Wildman–Crippen MR) is 104 cm³/mol. The third kappa shape index (κ3) is 5.95. The molecule has 0 aliphatic carbocycles. The molecule has 6 heteroatoms. The zero-order chi connectivity index (χ0) is 19.1. The Morgan fingerprint density at radius 3 is 2.65 bits per heavy atom. The van der Waals surface area contributed by atoms with Crippen LogP contribution in [0.25, 0.3) is 0 Å². The number of aryl methyl sites for hydroxylation is 1. The summed E-state index contributed by atoms with van der Waals surface area (Å²) in [6, 6.07) is 6.89. The van der Waals surface area contributed by atoms with E-state index in [1.165, 1.54) is 0 Å². The quantitative estimate of drug-likeness (QED) is 0.664. The SMILES string of the molecule is COc1cccc(C(=O)CCC(=O)NC(CC(C)C)c2nc(C)cs2)c1. The molecule has 2 rings (SSSR count). The molecule has 26 heavy (non-hydrogen) atoms. The molecule has 0 bridgehead atoms. The van der Waals surface area contributed by atoms with Crippen molar-refractivity contribution in [3.05, 3.63) is 45.9 Å². The van der Waals surface area contributed by atoms with E-state index in [1.807, 2.05) is 12.3 Å². The number of carbonyl (C=O) groups excluding carboxylic acids is 2. The van der Waals surface area contributed by atoms with Crippen molar-refractivity contribution in [1.82, 2.24) is 10.3 Å². The molecule has 0 aliphatic rings. The topological polar surface area (TPSA) is 68.3 Å². The summed E-state index contributed by atoms with van der Waals surface area (Å²) in [5.41, 5.74) is 1.52. The van der Waals surface area contributed by atoms with Crippen molar-refractivity contribution >= 4 is 23.0 Å². The van der Waals surface area contributed by atoms with E-state index in [4.69, 9.17) is 4.74 Å². The molecular formula is C20H26N2O3S. The van der Waals surface area contributed by atoms with Gasteiger partial charge in [-0.1, -0.05) is 26.0 Å². The Balaban J connectivity index is 1.93. The van der Waals surface area contributed by atoms with Gasteiger partial charge < -0.3 is 10.1 Å². The predicted octanol–water partition coefficient (Wildman–Crippen LogP) is 4.33. The summed E-state index contributed by atoms with van der Waals surface area (Å²) in [6.07, 6.45) is 1.15. The lowest BCUT2D eigenvalue weighted by Gasteiger charge is -2.18. The first-order valence-corrected chi connectivity index (χ1v) is 9.65. The van der Waals surface area contributed by atoms with Gasteiger partial charge in [0.2, 0.25) is 5.91 Å². The number of nitrogens with zero attached hydrogens (tertiary/aromatic N) is 1. The number of nitrogens with one attached hydrogen (secondary N) is 1. The minimum absolute atomic E-state index is 0.0652. The number of hydrogen-bond donors (Lipinski definition) is 1. The molecule has 2 aromatic rings. The van der Waals surface area contributed by atoms with Crippen LogP contribution in [0.4, 0.5) is 0 Å². The lowest BCUT2D eigenvalue weighted by atomic mass is 10.0. The lowest BCUT2D eigenvalue weighted by Crippen LogP contribution is -2.29. The summed E-state index contributed by atoms with van der Waals surface area (Å²) in [4.78, 5) is 29.2. The van der Waals surface area contributed by atoms with Gasteiger partial charge in [0.1, 0.15) is 10.8 Å². The molecule has 0 fully saturated rings. The standard InChI is InChI=1S/C20H26N2O3S/c1-13(2)10-17(20-21-14(3)12-26-20)22-19(24)9-8-18(23)15-6-5-7-16(11-15)25-4/h5-7,11-13,17H,8-10H2,1-4H3,(H,22,24). The molecule has 0 radical (unpaired) electrons. The van der Waals surface area contributed by atoms with Crippen molar-refractivity contribution in [1.29, 1.82) is 0 Å². The van der Waals surface area contributed by atoms with Crippen LogP contribution in [-0.4, -0.2) is 23.8 Å². The Morgan fingerprint density at radius 2 is 2.04 bits per heavy atom. The van der Waals surface area contributed by atoms with Gasteiger partial charge in [-0.15, -0.1) is 11.3 Å². The first-order chi connectivity index (χ1) is 12.4. The maximum atomic E-state index is 12.4. The number of ketones is 1. The Bertz CT molecular complexity index is 755. The van der Waals surface area contributed by atoms with Crippen LogP contribution in [-0.2, 0) is 4.79 Å². The molecule has 0 saturated heterocycles. The molecule has 1 aromatic heterocycles. The Morgan fingerprint density at radius 1 is 1.27 bits per heavy atom. The Hall–Kier alpha value is -2.21. The maximum Gasteiger partial charge on any atom is 0.221 e. The second-order valence-electron chi connectivity index (χ2n) is 6.73. The summed E-state index contributed by atoms with van der Waals surface area (Å²) in [6.45, 7) is 6.18. The smallest absolute Gasteiger partial charge is 0.221 e. The molecule has 1 unspecified atom stereocenters. The fourth-order valence-corrected chi connectivity index (χ4v) is 3.52. The number of Topliss-reactive ketones (excluding diaryl/α,β-unsaturated/α-hetero) is 1. The number of amides is 1. The largest absolute Gasteiger partial charge is 0.497 e. The summed E-state index contributed by atoms with van der Waals surface area (Å²) in [5.74, 6) is 0.878. The fourth-order valence-electron chi connectivity index (χ4n) is 2.66. The molecule has 1 heterocycles. The second kappa shape index (κ2) is 9.48. The van der Waals surface area contributed by atoms with E-state index in [2.05, 4.69) is 24.1 Å². The summed E-state index contributed by atoms with van der Waals surface area (Å²) in [5, 5.41) is 5.95. The van der Waals surface area contributed by atoms with Gasteiger partial charge in [0.05, 0.1) is 13.2 Å². The van der Waals surface area contributed by atoms with Gasteiger partial charge in [-0.25, -0.2) is 4.98 Å². The van der Waals surface area contributed by atoms with Crippen molar-refractivity contribution in [2.75, 3.05) is 7.11 Å². The van der Waals surface area contributed by atoms with Crippen LogP contribution in [0.2, 0.25) is 0 Å². The highest BCUT2D eigenvalue weighted by atomic mass is 32.1. The van der Waals surface area contributed by atoms with E-state index in [0.717, 1.165) is 17.1 Å². The molecule has 0 spiro atoms. The number of rotatable bonds is 9. The minimum Gasteiger partial charge on any atom is -0.497 e. The van der Waals surface area contributed by atoms with Crippen molar-refractivity contribution in [3.63, 3.8) is 0 Å². The molecule has 0 aliphatic heterocycles. The van der Waals surface area contributed by atoms with Crippen molar-refractivity contribution in [3.8, 4) is 5.75 Å². The highest BCUT2D eigenvalue weighted by molar-refractivity contribution is 7.09. The zero-order valence-electron chi connectivity index (χ0n) is 15.7. The molecule has 1 N–H and O–H groups in total. The normalized spacial score (nSPS) is 12.0. The van der Waals surface area contributed by atoms with Crippen LogP contribution in [0.5, 0.6) is 5.75 Å². The number of methoxy groups -OCH3 is 1. The van der Waals surface area contributed by atoms with Crippen molar-refractivity contribution < 1.29 is 14.3 Å². The van der Waals surface area contributed by atoms with E-state index in [-0.39, 0.29) is 30.6 Å². The molecule has 1 aromatic carbocycles. The summed E-state index contributed by atoms with van der Waals surface area (Å²) < 4.78 is 5.13. The highest BCUT2D eigenvalue weighted by Gasteiger charge is 2.20. The number of hydrogen-bond acceptors (Lipinski definition) is 5. The average Bonchev–Trinajstić information content (AvgIpc) is 3.05. The van der Waals surface area contributed by atoms with Crippen LogP contribution >= 0.6 is 11.3 Å². The fraction of sp³-hybridized carbons (Fsp3) is 0.450. The molecule has 1 amide bonds. The van der Waals surface area contributed by atoms with E-state index in [1.54, 1.807) is 42.7 Å². The molecular weight excluding hydrogens is 348 g/mol. The monoisotopic (exact) mass is 374 g/mol. The number of aromatic nitrogens is 1. The minimum atomic E-state index is -0.125. The number of thiazole rings is 1. The van der Waals surface area contributed by atoms with Gasteiger partial charge in [-0.05, 0) is 31.4 Å². The summed E-state index contributed by atoms with van der Waals surface area (Å²) >= 11 is 1.56. The summed E-state index contributed by atoms with van der Waals surface area (Å²) in [7, 11) is 1.56. The lowest BCUT2D eigenvalue weighted by molar-refractivity contribution is -0.121. The van der Waals surface area contributed by atoms with Crippen LogP contribution in [0.3, 0.4) is 0 Å². The van der Waals surface area contributed by atoms with Crippen molar-refractivity contribution in [2.45, 2.75) is 46.1 Å². The van der Waals surface area contributed by atoms with Gasteiger partial charge in [-0.2, -0.15) is 0 Å². The number of benzene rings is 1. The van der Waals surface area contributed by atoms with Crippen LogP contribution < -0.4 is 10.1 Å². The van der Waals surface area contributed by atoms with Crippen molar-refractivity contribution in [2.24, 2.45) is 5.92 Å². The number of carbonyl (C=O) groups is 2. The first kappa shape index (κ1) is 20.1. The molecule has 5 nitrogen and oxygen atoms in total. The molecule has 1 atom stereocenters. The third-order valence-corrected chi connectivity index (χ3v) is 5.02. The Kier molecular flexibility index (Phi) is 7.33. The highest BCUT2D eigenvalue weighted by Crippen LogP contribution is 2.24. The molecule has 0 saturated carbocycles. The van der Waals surface area contributed by atoms with E-state index in [0.29, 0.717) is 17.2 Å². The third-order valence-electron chi connectivity index (χ3n) is 3.95. The zero-order valence-corrected chi connectivity index (χ0v) is 16.6. The van der Waals surface area contributed by atoms with E-state index in [9.17, 15) is 9.59 Å². The second-order valence-corrected chi connectivity index (χ2v) is 7.62. The van der Waals surface area contributed by atoms with Gasteiger partial charge in [0, 0.05) is 29.5 Å². The van der Waals surface area contributed by atoms with Gasteiger partial charge in [-0.3, -0.25) is 9.59 Å². The Labute approximate surface area is 158 Å². The average molecular weight is 375 g/mol. The maximum absolute atomic E-state index is 12.4. The van der Waals surface area contributed by atoms with Gasteiger partial charge in [0.15, 0.2) is 5.78 Å².